The van der Waals surface area contributed by atoms with E-state index in [1.807, 2.05) is 12.1 Å². The van der Waals surface area contributed by atoms with Crippen LogP contribution in [0.5, 0.6) is 11.5 Å². The van der Waals surface area contributed by atoms with Crippen molar-refractivity contribution >= 4 is 5.91 Å². The maximum atomic E-state index is 13.7. The molecule has 1 N–H and O–H groups in total. The summed E-state index contributed by atoms with van der Waals surface area (Å²) in [6, 6.07) is 14.6. The number of carbonyl (C=O) groups excluding carboxylic acids is 1. The summed E-state index contributed by atoms with van der Waals surface area (Å²) in [5, 5.41) is 0. The second-order valence-corrected chi connectivity index (χ2v) is 8.83. The van der Waals surface area contributed by atoms with Crippen LogP contribution >= 0.6 is 0 Å². The minimum absolute atomic E-state index is 0.0717. The number of quaternary nitrogens is 1. The minimum atomic E-state index is 0.0717. The van der Waals surface area contributed by atoms with Crippen molar-refractivity contribution in [3.8, 4) is 11.5 Å². The molecule has 5 heteroatoms. The lowest BCUT2D eigenvalue weighted by Crippen LogP contribution is -3.10. The van der Waals surface area contributed by atoms with E-state index in [2.05, 4.69) is 35.2 Å². The Labute approximate surface area is 178 Å². The third-order valence-corrected chi connectivity index (χ3v) is 6.89. The molecule has 0 saturated carbocycles. The lowest BCUT2D eigenvalue weighted by Gasteiger charge is -2.31. The van der Waals surface area contributed by atoms with Gasteiger partial charge in [-0.1, -0.05) is 36.4 Å². The normalized spacial score (nSPS) is 20.2. The van der Waals surface area contributed by atoms with E-state index in [0.717, 1.165) is 49.4 Å². The third-order valence-electron chi connectivity index (χ3n) is 6.89. The fraction of sp³-hybridized carbons (Fsp3) is 0.480. The molecule has 0 aromatic heterocycles. The zero-order valence-corrected chi connectivity index (χ0v) is 17.6. The monoisotopic (exact) mass is 407 g/mol. The molecule has 3 aliphatic rings. The number of para-hydroxylation sites is 1. The van der Waals surface area contributed by atoms with E-state index in [1.165, 1.54) is 37.1 Å². The van der Waals surface area contributed by atoms with E-state index in [4.69, 9.17) is 9.47 Å². The molecule has 30 heavy (non-hydrogen) atoms. The first kappa shape index (κ1) is 19.4. The van der Waals surface area contributed by atoms with Gasteiger partial charge in [-0.25, -0.2) is 0 Å². The molecule has 5 nitrogen and oxygen atoms in total. The molecular weight excluding hydrogens is 376 g/mol. The maximum absolute atomic E-state index is 13.7. The Bertz CT molecular complexity index is 907. The van der Waals surface area contributed by atoms with Crippen molar-refractivity contribution in [3.05, 3.63) is 59.2 Å². The molecule has 1 atom stereocenters. The highest BCUT2D eigenvalue weighted by atomic mass is 16.7. The number of carbonyl (C=O) groups is 1. The fourth-order valence-electron chi connectivity index (χ4n) is 5.17. The predicted octanol–water partition coefficient (Wildman–Crippen LogP) is 2.23. The zero-order valence-electron chi connectivity index (χ0n) is 17.6. The number of fused-ring (bicyclic) bond motifs is 2. The van der Waals surface area contributed by atoms with Gasteiger partial charge >= 0.3 is 0 Å². The van der Waals surface area contributed by atoms with E-state index in [1.54, 1.807) is 4.90 Å². The summed E-state index contributed by atoms with van der Waals surface area (Å²) in [5.41, 5.74) is 3.79. The average molecular weight is 408 g/mol. The molecule has 0 spiro atoms. The Morgan fingerprint density at radius 3 is 2.73 bits per heavy atom. The third kappa shape index (κ3) is 4.04. The molecule has 2 heterocycles. The van der Waals surface area contributed by atoms with Crippen molar-refractivity contribution < 1.29 is 19.2 Å². The van der Waals surface area contributed by atoms with Crippen LogP contribution in [0.25, 0.3) is 0 Å². The molecule has 0 radical (unpaired) electrons. The van der Waals surface area contributed by atoms with Crippen LogP contribution in [0, 0.1) is 5.92 Å². The summed E-state index contributed by atoms with van der Waals surface area (Å²) in [7, 11) is 0. The highest BCUT2D eigenvalue weighted by Gasteiger charge is 2.30. The van der Waals surface area contributed by atoms with E-state index in [0.29, 0.717) is 12.5 Å². The first-order chi connectivity index (χ1) is 14.8. The lowest BCUT2D eigenvalue weighted by atomic mass is 9.83. The summed E-state index contributed by atoms with van der Waals surface area (Å²) < 4.78 is 11.3. The topological polar surface area (TPSA) is 43.2 Å². The number of nitrogens with one attached hydrogen (secondary N) is 1. The molecule has 2 aromatic carbocycles. The van der Waals surface area contributed by atoms with Crippen LogP contribution in [-0.4, -0.2) is 43.8 Å². The number of nitrogens with zero attached hydrogens (tertiary/aromatic N) is 1. The van der Waals surface area contributed by atoms with Gasteiger partial charge in [-0.3, -0.25) is 4.79 Å². The number of aryl methyl sites for hydroxylation is 1. The van der Waals surface area contributed by atoms with Crippen molar-refractivity contribution in [3.63, 3.8) is 0 Å². The van der Waals surface area contributed by atoms with Gasteiger partial charge in [0, 0.05) is 30.9 Å². The van der Waals surface area contributed by atoms with Crippen LogP contribution in [0.1, 0.15) is 36.0 Å². The van der Waals surface area contributed by atoms with Crippen LogP contribution in [0.4, 0.5) is 0 Å². The Hall–Kier alpha value is -2.53. The summed E-state index contributed by atoms with van der Waals surface area (Å²) >= 11 is 0. The Balaban J connectivity index is 1.34. The standard InChI is InChI=1S/C25H30N2O3/c28-25(21-11-10-19-6-1-2-7-20(19)16-21)27(15-14-26-12-3-4-13-26)17-22-8-5-9-23-24(22)30-18-29-23/h1-2,5-9,21H,3-4,10-18H2/p+1/t21-/m0/s1. The van der Waals surface area contributed by atoms with E-state index < -0.39 is 0 Å². The van der Waals surface area contributed by atoms with E-state index >= 15 is 0 Å². The number of hydrogen-bond donors (Lipinski definition) is 1. The predicted molar refractivity (Wildman–Crippen MR) is 115 cm³/mol. The Kier molecular flexibility index (Phi) is 5.63. The van der Waals surface area contributed by atoms with Gasteiger partial charge in [0.2, 0.25) is 12.7 Å². The first-order valence-corrected chi connectivity index (χ1v) is 11.3. The highest BCUT2D eigenvalue weighted by Crippen LogP contribution is 2.36. The molecule has 1 fully saturated rings. The van der Waals surface area contributed by atoms with Crippen molar-refractivity contribution in [2.75, 3.05) is 33.0 Å². The SMILES string of the molecule is O=C([C@H]1CCc2ccccc2C1)N(CC[NH+]1CCCC1)Cc1cccc2c1OCO2. The van der Waals surface area contributed by atoms with Crippen LogP contribution in [-0.2, 0) is 24.2 Å². The van der Waals surface area contributed by atoms with Gasteiger partial charge < -0.3 is 19.3 Å². The van der Waals surface area contributed by atoms with E-state index in [9.17, 15) is 4.79 Å². The number of hydrogen-bond acceptors (Lipinski definition) is 3. The van der Waals surface area contributed by atoms with Gasteiger partial charge in [0.15, 0.2) is 11.5 Å². The Morgan fingerprint density at radius 2 is 1.87 bits per heavy atom. The second kappa shape index (κ2) is 8.68. The number of amides is 1. The minimum Gasteiger partial charge on any atom is -0.454 e. The summed E-state index contributed by atoms with van der Waals surface area (Å²) in [6.07, 6.45) is 5.40. The fourth-order valence-corrected chi connectivity index (χ4v) is 5.17. The summed E-state index contributed by atoms with van der Waals surface area (Å²) in [6.45, 7) is 5.15. The number of likely N-dealkylation sites (tertiary alicyclic amines) is 1. The van der Waals surface area contributed by atoms with Crippen LogP contribution < -0.4 is 14.4 Å². The van der Waals surface area contributed by atoms with Crippen LogP contribution in [0.15, 0.2) is 42.5 Å². The molecule has 0 bridgehead atoms. The smallest absolute Gasteiger partial charge is 0.231 e. The number of rotatable bonds is 6. The summed E-state index contributed by atoms with van der Waals surface area (Å²) in [5.74, 6) is 1.96. The van der Waals surface area contributed by atoms with Crippen molar-refractivity contribution in [2.24, 2.45) is 5.92 Å². The largest absolute Gasteiger partial charge is 0.454 e. The summed E-state index contributed by atoms with van der Waals surface area (Å²) in [4.78, 5) is 17.4. The van der Waals surface area contributed by atoms with Crippen LogP contribution in [0.2, 0.25) is 0 Å². The van der Waals surface area contributed by atoms with Gasteiger partial charge in [-0.05, 0) is 36.5 Å². The Morgan fingerprint density at radius 1 is 1.03 bits per heavy atom. The number of benzene rings is 2. The molecule has 2 aromatic rings. The molecule has 0 unspecified atom stereocenters. The van der Waals surface area contributed by atoms with Crippen molar-refractivity contribution in [1.29, 1.82) is 0 Å². The van der Waals surface area contributed by atoms with E-state index in [-0.39, 0.29) is 12.7 Å². The highest BCUT2D eigenvalue weighted by molar-refractivity contribution is 5.79. The van der Waals surface area contributed by atoms with Gasteiger partial charge in [0.25, 0.3) is 0 Å². The molecule has 1 amide bonds. The molecule has 2 aliphatic heterocycles. The van der Waals surface area contributed by atoms with Gasteiger partial charge in [0.05, 0.1) is 26.2 Å². The lowest BCUT2D eigenvalue weighted by molar-refractivity contribution is -0.886. The van der Waals surface area contributed by atoms with Crippen LogP contribution in [0.3, 0.4) is 0 Å². The van der Waals surface area contributed by atoms with Crippen molar-refractivity contribution in [1.82, 2.24) is 4.90 Å². The van der Waals surface area contributed by atoms with Gasteiger partial charge in [-0.2, -0.15) is 0 Å². The molecule has 158 valence electrons. The quantitative estimate of drug-likeness (QED) is 0.799. The molecule has 5 rings (SSSR count). The maximum Gasteiger partial charge on any atom is 0.231 e. The van der Waals surface area contributed by atoms with Gasteiger partial charge in [0.1, 0.15) is 0 Å². The zero-order chi connectivity index (χ0) is 20.3. The van der Waals surface area contributed by atoms with Gasteiger partial charge in [-0.15, -0.1) is 0 Å². The second-order valence-electron chi connectivity index (χ2n) is 8.83. The molecule has 1 saturated heterocycles. The van der Waals surface area contributed by atoms with Crippen molar-refractivity contribution in [2.45, 2.75) is 38.6 Å². The average Bonchev–Trinajstić information content (AvgIpc) is 3.48. The first-order valence-electron chi connectivity index (χ1n) is 11.3. The number of ether oxygens (including phenoxy) is 2. The molecule has 1 aliphatic carbocycles. The molecular formula is C25H31N2O3+.